The third-order valence-corrected chi connectivity index (χ3v) is 7.08. The van der Waals surface area contributed by atoms with E-state index in [-0.39, 0.29) is 5.60 Å². The van der Waals surface area contributed by atoms with Crippen molar-refractivity contribution < 1.29 is 4.74 Å². The van der Waals surface area contributed by atoms with Crippen molar-refractivity contribution in [2.75, 3.05) is 0 Å². The molecule has 3 saturated carbocycles. The smallest absolute Gasteiger partial charge is 0.0954 e. The van der Waals surface area contributed by atoms with E-state index in [0.717, 1.165) is 5.92 Å². The van der Waals surface area contributed by atoms with E-state index in [1.54, 1.807) is 0 Å². The van der Waals surface area contributed by atoms with Gasteiger partial charge in [-0.2, -0.15) is 0 Å². The van der Waals surface area contributed by atoms with Crippen LogP contribution in [0.1, 0.15) is 59.8 Å². The van der Waals surface area contributed by atoms with Crippen LogP contribution < -0.4 is 0 Å². The average Bonchev–Trinajstić information content (AvgIpc) is 2.97. The molecule has 4 fully saturated rings. The van der Waals surface area contributed by atoms with Crippen molar-refractivity contribution in [2.45, 2.75) is 71.5 Å². The van der Waals surface area contributed by atoms with Crippen LogP contribution in [0.5, 0.6) is 0 Å². The minimum Gasteiger partial charge on any atom is -0.366 e. The molecule has 3 aliphatic carbocycles. The Hall–Kier alpha value is -0.0400. The van der Waals surface area contributed by atoms with Gasteiger partial charge in [0, 0.05) is 0 Å². The predicted molar refractivity (Wildman–Crippen MR) is 64.2 cm³/mol. The molecule has 1 spiro atoms. The lowest BCUT2D eigenvalue weighted by Crippen LogP contribution is -2.50. The first-order valence-corrected chi connectivity index (χ1v) is 7.04. The molecule has 0 N–H and O–H groups in total. The van der Waals surface area contributed by atoms with Crippen LogP contribution in [0.3, 0.4) is 0 Å². The van der Waals surface area contributed by atoms with Gasteiger partial charge in [0.05, 0.1) is 11.7 Å². The normalized spacial score (nSPS) is 65.2. The molecule has 1 nitrogen and oxygen atoms in total. The Labute approximate surface area is 98.9 Å². The van der Waals surface area contributed by atoms with E-state index in [2.05, 4.69) is 27.7 Å². The highest BCUT2D eigenvalue weighted by Crippen LogP contribution is 2.85. The molecule has 1 saturated heterocycles. The zero-order valence-corrected chi connectivity index (χ0v) is 11.1. The summed E-state index contributed by atoms with van der Waals surface area (Å²) in [4.78, 5) is 0. The molecule has 16 heavy (non-hydrogen) atoms. The molecule has 0 aromatic heterocycles. The third-order valence-electron chi connectivity index (χ3n) is 7.08. The van der Waals surface area contributed by atoms with Gasteiger partial charge in [0.2, 0.25) is 0 Å². The van der Waals surface area contributed by atoms with Crippen LogP contribution in [0.25, 0.3) is 0 Å². The predicted octanol–water partition coefficient (Wildman–Crippen LogP) is 3.77. The van der Waals surface area contributed by atoms with Crippen LogP contribution in [0.4, 0.5) is 0 Å². The van der Waals surface area contributed by atoms with E-state index in [1.807, 2.05) is 0 Å². The van der Waals surface area contributed by atoms with Crippen LogP contribution in [0.2, 0.25) is 0 Å². The van der Waals surface area contributed by atoms with Gasteiger partial charge in [-0.15, -0.1) is 0 Å². The molecule has 4 aliphatic rings. The number of fused-ring (bicyclic) bond motifs is 2. The second-order valence-corrected chi connectivity index (χ2v) is 8.02. The minimum absolute atomic E-state index is 0.286. The van der Waals surface area contributed by atoms with Crippen molar-refractivity contribution in [3.8, 4) is 0 Å². The molecule has 5 atom stereocenters. The van der Waals surface area contributed by atoms with Crippen LogP contribution in [-0.4, -0.2) is 11.7 Å². The molecule has 0 amide bonds. The highest BCUT2D eigenvalue weighted by atomic mass is 16.6. The summed E-state index contributed by atoms with van der Waals surface area (Å²) in [5, 5.41) is 0. The van der Waals surface area contributed by atoms with Crippen molar-refractivity contribution in [1.29, 1.82) is 0 Å². The summed E-state index contributed by atoms with van der Waals surface area (Å²) in [5.41, 5.74) is 2.04. The molecule has 0 bridgehead atoms. The topological polar surface area (TPSA) is 12.5 Å². The molecule has 1 aliphatic heterocycles. The largest absolute Gasteiger partial charge is 0.366 e. The van der Waals surface area contributed by atoms with E-state index in [9.17, 15) is 0 Å². The maximum atomic E-state index is 6.06. The molecule has 0 aromatic carbocycles. The summed E-state index contributed by atoms with van der Waals surface area (Å²) in [6.45, 7) is 9.99. The SMILES string of the molecule is CC12OC1C[C@]1(C)CCCC(C)(C)[C@@]13C[C@@H]23. The zero-order chi connectivity index (χ0) is 11.4. The molecule has 4 rings (SSSR count). The number of hydrogen-bond acceptors (Lipinski definition) is 1. The van der Waals surface area contributed by atoms with Gasteiger partial charge in [0.1, 0.15) is 0 Å². The van der Waals surface area contributed by atoms with Crippen molar-refractivity contribution in [1.82, 2.24) is 0 Å². The highest BCUT2D eigenvalue weighted by Gasteiger charge is 2.84. The molecule has 1 heterocycles. The monoisotopic (exact) mass is 220 g/mol. The molecule has 2 unspecified atom stereocenters. The quantitative estimate of drug-likeness (QED) is 0.566. The fourth-order valence-electron chi connectivity index (χ4n) is 6.07. The van der Waals surface area contributed by atoms with Crippen molar-refractivity contribution in [2.24, 2.45) is 22.2 Å². The van der Waals surface area contributed by atoms with E-state index >= 15 is 0 Å². The summed E-state index contributed by atoms with van der Waals surface area (Å²) < 4.78 is 6.06. The standard InChI is InChI=1S/C15H24O/c1-12(2)6-5-7-13(3)9-11-14(4,16-11)10-8-15(10,12)13/h10-11H,5-9H2,1-4H3/t10-,11?,13-,14?,15-/m0/s1. The van der Waals surface area contributed by atoms with Crippen molar-refractivity contribution >= 4 is 0 Å². The van der Waals surface area contributed by atoms with Crippen molar-refractivity contribution in [3.63, 3.8) is 0 Å². The van der Waals surface area contributed by atoms with Gasteiger partial charge in [-0.25, -0.2) is 0 Å². The van der Waals surface area contributed by atoms with Crippen LogP contribution in [0.15, 0.2) is 0 Å². The first-order chi connectivity index (χ1) is 7.36. The number of epoxide rings is 1. The molecule has 0 aromatic rings. The number of hydrogen-bond donors (Lipinski definition) is 0. The summed E-state index contributed by atoms with van der Waals surface area (Å²) in [6, 6.07) is 0. The molecule has 1 heteroatoms. The Morgan fingerprint density at radius 1 is 1.00 bits per heavy atom. The molecular formula is C15H24O. The van der Waals surface area contributed by atoms with Gasteiger partial charge in [0.15, 0.2) is 0 Å². The van der Waals surface area contributed by atoms with Gasteiger partial charge < -0.3 is 4.74 Å². The number of ether oxygens (including phenoxy) is 1. The van der Waals surface area contributed by atoms with E-state index in [4.69, 9.17) is 4.74 Å². The van der Waals surface area contributed by atoms with Gasteiger partial charge in [-0.1, -0.05) is 27.2 Å². The first-order valence-electron chi connectivity index (χ1n) is 7.04. The van der Waals surface area contributed by atoms with E-state index < -0.39 is 0 Å². The summed E-state index contributed by atoms with van der Waals surface area (Å²) in [6.07, 6.45) is 7.70. The average molecular weight is 220 g/mol. The van der Waals surface area contributed by atoms with Gasteiger partial charge in [-0.3, -0.25) is 0 Å². The number of rotatable bonds is 0. The second kappa shape index (κ2) is 2.25. The van der Waals surface area contributed by atoms with E-state index in [0.29, 0.717) is 22.3 Å². The Morgan fingerprint density at radius 3 is 2.50 bits per heavy atom. The lowest BCUT2D eigenvalue weighted by atomic mass is 9.49. The maximum Gasteiger partial charge on any atom is 0.0954 e. The first kappa shape index (κ1) is 9.94. The van der Waals surface area contributed by atoms with Gasteiger partial charge >= 0.3 is 0 Å². The fourth-order valence-corrected chi connectivity index (χ4v) is 6.07. The van der Waals surface area contributed by atoms with Crippen molar-refractivity contribution in [3.05, 3.63) is 0 Å². The Morgan fingerprint density at radius 2 is 1.75 bits per heavy atom. The third kappa shape index (κ3) is 0.776. The fraction of sp³-hybridized carbons (Fsp3) is 1.00. The summed E-state index contributed by atoms with van der Waals surface area (Å²) in [7, 11) is 0. The molecule has 90 valence electrons. The summed E-state index contributed by atoms with van der Waals surface area (Å²) in [5.74, 6) is 0.874. The maximum absolute atomic E-state index is 6.06. The highest BCUT2D eigenvalue weighted by molar-refractivity contribution is 5.32. The minimum atomic E-state index is 0.286. The second-order valence-electron chi connectivity index (χ2n) is 8.02. The van der Waals surface area contributed by atoms with Gasteiger partial charge in [-0.05, 0) is 54.8 Å². The Bertz CT molecular complexity index is 374. The lowest BCUT2D eigenvalue weighted by Gasteiger charge is -2.55. The van der Waals surface area contributed by atoms with Gasteiger partial charge in [0.25, 0.3) is 0 Å². The molecular weight excluding hydrogens is 196 g/mol. The van der Waals surface area contributed by atoms with Crippen LogP contribution in [0, 0.1) is 22.2 Å². The Balaban J connectivity index is 1.83. The van der Waals surface area contributed by atoms with Crippen LogP contribution in [-0.2, 0) is 4.74 Å². The van der Waals surface area contributed by atoms with E-state index in [1.165, 1.54) is 32.1 Å². The Kier molecular flexibility index (Phi) is 1.40. The van der Waals surface area contributed by atoms with Crippen LogP contribution >= 0.6 is 0 Å². The molecule has 0 radical (unpaired) electrons. The summed E-state index contributed by atoms with van der Waals surface area (Å²) >= 11 is 0. The zero-order valence-electron chi connectivity index (χ0n) is 11.1. The lowest BCUT2D eigenvalue weighted by molar-refractivity contribution is -0.0564.